The van der Waals surface area contributed by atoms with E-state index in [0.717, 1.165) is 77.4 Å². The molecule has 1 aliphatic rings. The van der Waals surface area contributed by atoms with E-state index in [2.05, 4.69) is 17.0 Å². The van der Waals surface area contributed by atoms with Crippen LogP contribution < -0.4 is 5.56 Å². The molecule has 1 saturated heterocycles. The lowest BCUT2D eigenvalue weighted by Gasteiger charge is -2.21. The molecular weight excluding hydrogens is 513 g/mol. The van der Waals surface area contributed by atoms with Gasteiger partial charge in [-0.2, -0.15) is 5.10 Å². The summed E-state index contributed by atoms with van der Waals surface area (Å²) in [5.41, 5.74) is 3.38. The zero-order valence-corrected chi connectivity index (χ0v) is 22.4. The third-order valence-corrected chi connectivity index (χ3v) is 7.46. The smallest absolute Gasteiger partial charge is 0.274 e. The number of likely N-dealkylation sites (tertiary alicyclic amines) is 1. The van der Waals surface area contributed by atoms with Crippen LogP contribution in [0.5, 0.6) is 0 Å². The minimum absolute atomic E-state index is 0. The lowest BCUT2D eigenvalue weighted by Crippen LogP contribution is -2.30. The zero-order valence-electron chi connectivity index (χ0n) is 20.1. The van der Waals surface area contributed by atoms with Crippen molar-refractivity contribution >= 4 is 46.4 Å². The van der Waals surface area contributed by atoms with Crippen molar-refractivity contribution in [1.82, 2.24) is 14.7 Å². The van der Waals surface area contributed by atoms with E-state index in [1.54, 1.807) is 4.68 Å². The van der Waals surface area contributed by atoms with Crippen molar-refractivity contribution in [3.8, 4) is 0 Å². The second-order valence-corrected chi connectivity index (χ2v) is 10.2. The quantitative estimate of drug-likeness (QED) is 0.264. The van der Waals surface area contributed by atoms with Crippen LogP contribution in [0.2, 0.25) is 10.0 Å². The average Bonchev–Trinajstić information content (AvgIpc) is 3.12. The molecule has 0 spiro atoms. The Hall–Kier alpha value is -2.37. The van der Waals surface area contributed by atoms with Crippen molar-refractivity contribution in [2.45, 2.75) is 38.1 Å². The lowest BCUT2D eigenvalue weighted by molar-refractivity contribution is 0.281. The van der Waals surface area contributed by atoms with Crippen LogP contribution in [0, 0.1) is 0 Å². The molecule has 0 aliphatic carbocycles. The first kappa shape index (κ1) is 26.7. The number of rotatable bonds is 6. The molecule has 0 bridgehead atoms. The molecule has 5 rings (SSSR count). The van der Waals surface area contributed by atoms with Gasteiger partial charge >= 0.3 is 0 Å². The van der Waals surface area contributed by atoms with E-state index in [9.17, 15) is 4.79 Å². The Bertz CT molecular complexity index is 1350. The second kappa shape index (κ2) is 12.2. The molecule has 1 atom stereocenters. The van der Waals surface area contributed by atoms with Crippen molar-refractivity contribution in [3.05, 3.63) is 110 Å². The Labute approximate surface area is 228 Å². The maximum absolute atomic E-state index is 13.5. The van der Waals surface area contributed by atoms with E-state index in [1.807, 2.05) is 60.7 Å². The van der Waals surface area contributed by atoms with E-state index >= 15 is 0 Å². The summed E-state index contributed by atoms with van der Waals surface area (Å²) in [5, 5.41) is 8.12. The van der Waals surface area contributed by atoms with Gasteiger partial charge in [0.15, 0.2) is 0 Å². The van der Waals surface area contributed by atoms with Gasteiger partial charge in [-0.25, -0.2) is 4.68 Å². The molecule has 1 unspecified atom stereocenters. The first-order chi connectivity index (χ1) is 17.1. The van der Waals surface area contributed by atoms with E-state index < -0.39 is 0 Å². The monoisotopic (exact) mass is 541 g/mol. The molecule has 1 fully saturated rings. The largest absolute Gasteiger partial charge is 0.303 e. The van der Waals surface area contributed by atoms with Crippen LogP contribution in [0.15, 0.2) is 77.6 Å². The Kier molecular flexibility index (Phi) is 9.08. The van der Waals surface area contributed by atoms with Gasteiger partial charge in [0.25, 0.3) is 5.56 Å². The van der Waals surface area contributed by atoms with Gasteiger partial charge in [-0.1, -0.05) is 65.7 Å². The second-order valence-electron chi connectivity index (χ2n) is 9.35. The van der Waals surface area contributed by atoms with Crippen LogP contribution in [0.25, 0.3) is 10.8 Å². The summed E-state index contributed by atoms with van der Waals surface area (Å²) in [7, 11) is 0. The summed E-state index contributed by atoms with van der Waals surface area (Å²) < 4.78 is 1.77. The molecule has 36 heavy (non-hydrogen) atoms. The number of nitrogens with zero attached hydrogens (tertiary/aromatic N) is 3. The number of hydrogen-bond acceptors (Lipinski definition) is 3. The highest BCUT2D eigenvalue weighted by Crippen LogP contribution is 2.24. The summed E-state index contributed by atoms with van der Waals surface area (Å²) in [4.78, 5) is 16.0. The third kappa shape index (κ3) is 6.30. The third-order valence-electron chi connectivity index (χ3n) is 6.96. The Morgan fingerprint density at radius 1 is 0.806 bits per heavy atom. The van der Waals surface area contributed by atoms with Crippen molar-refractivity contribution in [2.75, 3.05) is 19.6 Å². The van der Waals surface area contributed by atoms with Crippen LogP contribution in [-0.4, -0.2) is 34.3 Å². The van der Waals surface area contributed by atoms with Crippen LogP contribution in [-0.2, 0) is 12.8 Å². The molecule has 0 saturated carbocycles. The predicted octanol–water partition coefficient (Wildman–Crippen LogP) is 6.99. The van der Waals surface area contributed by atoms with Crippen LogP contribution in [0.3, 0.4) is 0 Å². The van der Waals surface area contributed by atoms with Gasteiger partial charge in [0.05, 0.1) is 17.1 Å². The molecular formula is C29H30Cl3N3O. The van der Waals surface area contributed by atoms with Gasteiger partial charge in [0.1, 0.15) is 0 Å². The lowest BCUT2D eigenvalue weighted by atomic mass is 10.0. The van der Waals surface area contributed by atoms with Crippen LogP contribution in [0.1, 0.15) is 42.1 Å². The van der Waals surface area contributed by atoms with Crippen molar-refractivity contribution in [2.24, 2.45) is 0 Å². The van der Waals surface area contributed by atoms with E-state index in [1.165, 1.54) is 5.56 Å². The molecule has 188 valence electrons. The van der Waals surface area contributed by atoms with Crippen molar-refractivity contribution in [3.63, 3.8) is 0 Å². The predicted molar refractivity (Wildman–Crippen MR) is 152 cm³/mol. The first-order valence-electron chi connectivity index (χ1n) is 12.3. The van der Waals surface area contributed by atoms with E-state index in [-0.39, 0.29) is 24.0 Å². The number of hydrogen-bond donors (Lipinski definition) is 0. The van der Waals surface area contributed by atoms with E-state index in [0.29, 0.717) is 6.42 Å². The van der Waals surface area contributed by atoms with Crippen molar-refractivity contribution in [1.29, 1.82) is 0 Å². The van der Waals surface area contributed by atoms with Crippen LogP contribution in [0.4, 0.5) is 0 Å². The minimum atomic E-state index is 0. The molecule has 0 radical (unpaired) electrons. The number of benzene rings is 3. The summed E-state index contributed by atoms with van der Waals surface area (Å²) in [6, 6.07) is 23.9. The van der Waals surface area contributed by atoms with Crippen LogP contribution >= 0.6 is 35.6 Å². The summed E-state index contributed by atoms with van der Waals surface area (Å²) in [5.74, 6) is 0. The molecule has 4 nitrogen and oxygen atoms in total. The number of fused-ring (bicyclic) bond motifs is 1. The van der Waals surface area contributed by atoms with Gasteiger partial charge < -0.3 is 4.90 Å². The van der Waals surface area contributed by atoms with Gasteiger partial charge in [0.2, 0.25) is 0 Å². The fourth-order valence-electron chi connectivity index (χ4n) is 4.99. The van der Waals surface area contributed by atoms with E-state index in [4.69, 9.17) is 28.3 Å². The van der Waals surface area contributed by atoms with Gasteiger partial charge in [-0.15, -0.1) is 12.4 Å². The molecule has 3 aromatic carbocycles. The highest BCUT2D eigenvalue weighted by atomic mass is 35.5. The summed E-state index contributed by atoms with van der Waals surface area (Å²) in [6.45, 7) is 3.02. The van der Waals surface area contributed by atoms with Crippen molar-refractivity contribution < 1.29 is 0 Å². The fourth-order valence-corrected chi connectivity index (χ4v) is 5.24. The van der Waals surface area contributed by atoms with Gasteiger partial charge in [0, 0.05) is 34.9 Å². The van der Waals surface area contributed by atoms with Gasteiger partial charge in [-0.3, -0.25) is 4.79 Å². The molecule has 1 aromatic heterocycles. The highest BCUT2D eigenvalue weighted by molar-refractivity contribution is 6.30. The summed E-state index contributed by atoms with van der Waals surface area (Å²) in [6.07, 6.45) is 4.60. The SMILES string of the molecule is Cl.O=c1c2ccccc2c(Cc2ccc(Cl)cc2)nn1C1CCCN(CCc2ccc(Cl)cc2)CC1. The normalized spacial score (nSPS) is 16.4. The van der Waals surface area contributed by atoms with Gasteiger partial charge in [-0.05, 0) is 73.7 Å². The number of halogens is 3. The average molecular weight is 543 g/mol. The Morgan fingerprint density at radius 2 is 1.44 bits per heavy atom. The Morgan fingerprint density at radius 3 is 2.14 bits per heavy atom. The first-order valence-corrected chi connectivity index (χ1v) is 13.0. The molecule has 1 aliphatic heterocycles. The zero-order chi connectivity index (χ0) is 24.2. The molecule has 0 amide bonds. The minimum Gasteiger partial charge on any atom is -0.303 e. The fraction of sp³-hybridized carbons (Fsp3) is 0.310. The maximum Gasteiger partial charge on any atom is 0.274 e. The molecule has 0 N–H and O–H groups in total. The summed E-state index contributed by atoms with van der Waals surface area (Å²) >= 11 is 12.1. The molecule has 4 aromatic rings. The standard InChI is InChI=1S/C29H29Cl2N3O.ClH/c30-23-11-7-21(8-12-23)15-18-33-17-3-4-25(16-19-33)34-29(35)27-6-2-1-5-26(27)28(32-34)20-22-9-13-24(31)14-10-22;/h1-2,5-14,25H,3-4,15-20H2;1H. The maximum atomic E-state index is 13.5. The number of aromatic nitrogens is 2. The highest BCUT2D eigenvalue weighted by Gasteiger charge is 2.22. The molecule has 2 heterocycles. The molecule has 7 heteroatoms. The topological polar surface area (TPSA) is 38.1 Å². The Balaban J connectivity index is 0.00000304.